The van der Waals surface area contributed by atoms with Gasteiger partial charge in [-0.15, -0.1) is 0 Å². The molecule has 0 saturated heterocycles. The van der Waals surface area contributed by atoms with Gasteiger partial charge in [0.25, 0.3) is 0 Å². The second kappa shape index (κ2) is 11.4. The molecule has 37 heavy (non-hydrogen) atoms. The molecule has 4 rings (SSSR count). The van der Waals surface area contributed by atoms with E-state index in [9.17, 15) is 4.79 Å². The lowest BCUT2D eigenvalue weighted by Gasteiger charge is -2.13. The third-order valence-corrected chi connectivity index (χ3v) is 5.98. The van der Waals surface area contributed by atoms with Crippen LogP contribution in [0.3, 0.4) is 0 Å². The number of carbonyl (C=O) groups is 1. The van der Waals surface area contributed by atoms with E-state index in [2.05, 4.69) is 11.4 Å². The Hall–Kier alpha value is -4.65. The van der Waals surface area contributed by atoms with Gasteiger partial charge in [0, 0.05) is 35.8 Å². The third-order valence-electron chi connectivity index (χ3n) is 5.98. The number of ether oxygens (including phenoxy) is 4. The molecule has 0 fully saturated rings. The molecule has 4 aromatic rings. The molecule has 7 nitrogen and oxygen atoms in total. The van der Waals surface area contributed by atoms with Crippen molar-refractivity contribution in [2.24, 2.45) is 7.05 Å². The highest BCUT2D eigenvalue weighted by Crippen LogP contribution is 2.38. The Morgan fingerprint density at radius 3 is 2.14 bits per heavy atom. The molecule has 0 aliphatic heterocycles. The molecular weight excluding hydrogens is 468 g/mol. The minimum atomic E-state index is -0.253. The number of aromatic nitrogens is 1. The minimum Gasteiger partial charge on any atom is -0.495 e. The predicted octanol–water partition coefficient (Wildman–Crippen LogP) is 6.04. The highest BCUT2D eigenvalue weighted by atomic mass is 16.5. The molecular formula is C30H30N2O5. The number of hydrogen-bond acceptors (Lipinski definition) is 5. The van der Waals surface area contributed by atoms with Crippen molar-refractivity contribution in [2.45, 2.75) is 0 Å². The number of methoxy groups -OCH3 is 4. The fourth-order valence-electron chi connectivity index (χ4n) is 4.16. The van der Waals surface area contributed by atoms with Crippen LogP contribution in [-0.2, 0) is 11.8 Å². The average Bonchev–Trinajstić information content (AvgIpc) is 3.25. The van der Waals surface area contributed by atoms with Crippen molar-refractivity contribution < 1.29 is 23.7 Å². The van der Waals surface area contributed by atoms with E-state index < -0.39 is 0 Å². The molecule has 0 atom stereocenters. The average molecular weight is 499 g/mol. The maximum atomic E-state index is 12.8. The van der Waals surface area contributed by atoms with E-state index in [1.165, 1.54) is 6.08 Å². The van der Waals surface area contributed by atoms with E-state index in [-0.39, 0.29) is 5.91 Å². The summed E-state index contributed by atoms with van der Waals surface area (Å²) in [5.74, 6) is 1.99. The van der Waals surface area contributed by atoms with Crippen molar-refractivity contribution in [1.82, 2.24) is 4.57 Å². The summed E-state index contributed by atoms with van der Waals surface area (Å²) in [6.45, 7) is 0. The van der Waals surface area contributed by atoms with Gasteiger partial charge in [0.05, 0.1) is 34.1 Å². The Balaban J connectivity index is 1.55. The quantitative estimate of drug-likeness (QED) is 0.225. The molecule has 0 spiro atoms. The second-order valence-corrected chi connectivity index (χ2v) is 8.29. The fraction of sp³-hybridized carbons (Fsp3) is 0.167. The van der Waals surface area contributed by atoms with E-state index in [1.807, 2.05) is 84.6 Å². The SMILES string of the molecule is COc1ccc(C=Cc2cc(OC)c(OC)c(OC)c2)cc1NC(=O)/C=C/c1cn(C)c2ccccc12. The number of para-hydroxylation sites is 1. The summed E-state index contributed by atoms with van der Waals surface area (Å²) in [6, 6.07) is 17.4. The van der Waals surface area contributed by atoms with E-state index in [0.717, 1.165) is 27.6 Å². The Morgan fingerprint density at radius 2 is 1.46 bits per heavy atom. The maximum absolute atomic E-state index is 12.8. The molecule has 1 aromatic heterocycles. The molecule has 0 saturated carbocycles. The molecule has 7 heteroatoms. The number of rotatable bonds is 9. The molecule has 1 heterocycles. The van der Waals surface area contributed by atoms with Crippen LogP contribution in [0.15, 0.2) is 66.9 Å². The van der Waals surface area contributed by atoms with Gasteiger partial charge >= 0.3 is 0 Å². The largest absolute Gasteiger partial charge is 0.495 e. The number of anilines is 1. The smallest absolute Gasteiger partial charge is 0.248 e. The van der Waals surface area contributed by atoms with Gasteiger partial charge in [0.1, 0.15) is 5.75 Å². The van der Waals surface area contributed by atoms with Crippen LogP contribution >= 0.6 is 0 Å². The first-order valence-electron chi connectivity index (χ1n) is 11.7. The van der Waals surface area contributed by atoms with Crippen molar-refractivity contribution in [2.75, 3.05) is 33.8 Å². The normalized spacial score (nSPS) is 11.3. The Kier molecular flexibility index (Phi) is 7.83. The summed E-state index contributed by atoms with van der Waals surface area (Å²) in [6.07, 6.45) is 9.21. The number of fused-ring (bicyclic) bond motifs is 1. The molecule has 1 amide bonds. The summed E-state index contributed by atoms with van der Waals surface area (Å²) in [5.41, 5.74) is 4.40. The van der Waals surface area contributed by atoms with Gasteiger partial charge < -0.3 is 28.8 Å². The number of nitrogens with zero attached hydrogens (tertiary/aromatic N) is 1. The molecule has 0 unspecified atom stereocenters. The first kappa shape index (κ1) is 25.4. The maximum Gasteiger partial charge on any atom is 0.248 e. The highest BCUT2D eigenvalue weighted by molar-refractivity contribution is 6.04. The molecule has 0 radical (unpaired) electrons. The van der Waals surface area contributed by atoms with Gasteiger partial charge in [-0.25, -0.2) is 0 Å². The summed E-state index contributed by atoms with van der Waals surface area (Å²) >= 11 is 0. The van der Waals surface area contributed by atoms with Crippen molar-refractivity contribution in [3.63, 3.8) is 0 Å². The number of hydrogen-bond donors (Lipinski definition) is 1. The topological polar surface area (TPSA) is 71.0 Å². The Morgan fingerprint density at radius 1 is 0.784 bits per heavy atom. The van der Waals surface area contributed by atoms with Gasteiger partial charge in [0.2, 0.25) is 11.7 Å². The fourth-order valence-corrected chi connectivity index (χ4v) is 4.16. The number of nitrogens with one attached hydrogen (secondary N) is 1. The van der Waals surface area contributed by atoms with Crippen molar-refractivity contribution >= 4 is 40.7 Å². The van der Waals surface area contributed by atoms with E-state index in [4.69, 9.17) is 18.9 Å². The molecule has 1 N–H and O–H groups in total. The van der Waals surface area contributed by atoms with Crippen LogP contribution in [-0.4, -0.2) is 38.9 Å². The zero-order valence-corrected chi connectivity index (χ0v) is 21.6. The van der Waals surface area contributed by atoms with Gasteiger partial charge in [-0.2, -0.15) is 0 Å². The predicted molar refractivity (Wildman–Crippen MR) is 149 cm³/mol. The van der Waals surface area contributed by atoms with E-state index >= 15 is 0 Å². The van der Waals surface area contributed by atoms with Crippen LogP contribution in [0.25, 0.3) is 29.1 Å². The number of amides is 1. The van der Waals surface area contributed by atoms with Crippen LogP contribution < -0.4 is 24.3 Å². The second-order valence-electron chi connectivity index (χ2n) is 8.29. The van der Waals surface area contributed by atoms with Gasteiger partial charge in [-0.05, 0) is 47.5 Å². The Labute approximate surface area is 216 Å². The summed E-state index contributed by atoms with van der Waals surface area (Å²) in [5, 5.41) is 4.02. The van der Waals surface area contributed by atoms with Crippen molar-refractivity contribution in [1.29, 1.82) is 0 Å². The van der Waals surface area contributed by atoms with Gasteiger partial charge in [0.15, 0.2) is 11.5 Å². The van der Waals surface area contributed by atoms with Gasteiger partial charge in [-0.1, -0.05) is 36.4 Å². The lowest BCUT2D eigenvalue weighted by atomic mass is 10.1. The molecule has 0 bridgehead atoms. The molecule has 0 aliphatic rings. The van der Waals surface area contributed by atoms with Crippen molar-refractivity contribution in [3.05, 3.63) is 83.6 Å². The van der Waals surface area contributed by atoms with Crippen LogP contribution in [0.2, 0.25) is 0 Å². The zero-order valence-electron chi connectivity index (χ0n) is 21.6. The number of benzene rings is 3. The van der Waals surface area contributed by atoms with Crippen LogP contribution in [0.5, 0.6) is 23.0 Å². The van der Waals surface area contributed by atoms with Crippen LogP contribution in [0, 0.1) is 0 Å². The minimum absolute atomic E-state index is 0.253. The van der Waals surface area contributed by atoms with Crippen LogP contribution in [0.4, 0.5) is 5.69 Å². The highest BCUT2D eigenvalue weighted by Gasteiger charge is 2.12. The summed E-state index contributed by atoms with van der Waals surface area (Å²) < 4.78 is 23.8. The number of carbonyl (C=O) groups excluding carboxylic acids is 1. The summed E-state index contributed by atoms with van der Waals surface area (Å²) in [7, 11) is 8.29. The monoisotopic (exact) mass is 498 g/mol. The van der Waals surface area contributed by atoms with E-state index in [0.29, 0.717) is 28.7 Å². The number of aryl methyl sites for hydroxylation is 1. The van der Waals surface area contributed by atoms with E-state index in [1.54, 1.807) is 28.4 Å². The molecule has 3 aromatic carbocycles. The van der Waals surface area contributed by atoms with Crippen molar-refractivity contribution in [3.8, 4) is 23.0 Å². The lowest BCUT2D eigenvalue weighted by Crippen LogP contribution is -2.09. The molecule has 190 valence electrons. The van der Waals surface area contributed by atoms with Crippen LogP contribution in [0.1, 0.15) is 16.7 Å². The Bertz CT molecular complexity index is 1460. The first-order valence-corrected chi connectivity index (χ1v) is 11.7. The lowest BCUT2D eigenvalue weighted by molar-refractivity contribution is -0.111. The van der Waals surface area contributed by atoms with Gasteiger partial charge in [-0.3, -0.25) is 4.79 Å². The third kappa shape index (κ3) is 5.62. The zero-order chi connectivity index (χ0) is 26.4. The summed E-state index contributed by atoms with van der Waals surface area (Å²) in [4.78, 5) is 12.8. The standard InChI is InChI=1S/C30H30N2O5/c1-32-19-22(23-8-6-7-9-25(23)32)13-15-29(33)31-24-16-20(12-14-26(24)34-2)10-11-21-17-27(35-3)30(37-5)28(18-21)36-4/h6-19H,1-5H3,(H,31,33)/b11-10?,15-13+. The molecule has 0 aliphatic carbocycles. The first-order chi connectivity index (χ1) is 18.0.